The topological polar surface area (TPSA) is 15.7 Å². The largest absolute Gasteiger partial charge is 0.380 e. The van der Waals surface area contributed by atoms with E-state index in [0.29, 0.717) is 6.04 Å². The van der Waals surface area contributed by atoms with Gasteiger partial charge in [-0.2, -0.15) is 0 Å². The van der Waals surface area contributed by atoms with Crippen LogP contribution in [0.2, 0.25) is 0 Å². The van der Waals surface area contributed by atoms with Crippen LogP contribution in [0, 0.1) is 5.92 Å². The van der Waals surface area contributed by atoms with Gasteiger partial charge in [-0.15, -0.1) is 0 Å². The first-order valence-corrected chi connectivity index (χ1v) is 8.22. The van der Waals surface area contributed by atoms with Gasteiger partial charge in [0, 0.05) is 38.3 Å². The zero-order chi connectivity index (χ0) is 13.7. The molecule has 0 saturated carbocycles. The summed E-state index contributed by atoms with van der Waals surface area (Å²) in [7, 11) is 0. The van der Waals surface area contributed by atoms with Crippen molar-refractivity contribution in [3.63, 3.8) is 0 Å². The lowest BCUT2D eigenvalue weighted by atomic mass is 9.97. The van der Waals surface area contributed by atoms with Gasteiger partial charge in [0.05, 0.1) is 6.61 Å². The standard InChI is InChI=1S/C16H32N2O/c1-14(2)7-10-19-11-9-17-13-16-6-4-5-8-18(16)12-15(17)3/h14-16H,4-13H2,1-3H3. The van der Waals surface area contributed by atoms with Crippen LogP contribution in [0.4, 0.5) is 0 Å². The molecule has 0 aromatic carbocycles. The van der Waals surface area contributed by atoms with Crippen LogP contribution >= 0.6 is 0 Å². The second-order valence-electron chi connectivity index (χ2n) is 6.78. The van der Waals surface area contributed by atoms with Crippen molar-refractivity contribution in [2.45, 2.75) is 58.5 Å². The van der Waals surface area contributed by atoms with E-state index >= 15 is 0 Å². The molecule has 2 unspecified atom stereocenters. The van der Waals surface area contributed by atoms with Crippen LogP contribution in [0.5, 0.6) is 0 Å². The number of piperazine rings is 1. The Morgan fingerprint density at radius 1 is 1.16 bits per heavy atom. The normalized spacial score (nSPS) is 29.7. The monoisotopic (exact) mass is 268 g/mol. The SMILES string of the molecule is CC(C)CCOCCN1CC2CCCCN2CC1C. The molecule has 2 rings (SSSR count). The summed E-state index contributed by atoms with van der Waals surface area (Å²) in [6, 6.07) is 1.52. The van der Waals surface area contributed by atoms with Crippen molar-refractivity contribution in [1.82, 2.24) is 9.80 Å². The van der Waals surface area contributed by atoms with Gasteiger partial charge < -0.3 is 4.74 Å². The molecule has 0 aromatic heterocycles. The highest BCUT2D eigenvalue weighted by Crippen LogP contribution is 2.23. The van der Waals surface area contributed by atoms with Crippen molar-refractivity contribution in [3.05, 3.63) is 0 Å². The Labute approximate surface area is 119 Å². The molecule has 3 nitrogen and oxygen atoms in total. The van der Waals surface area contributed by atoms with Crippen LogP contribution in [-0.2, 0) is 4.74 Å². The summed E-state index contributed by atoms with van der Waals surface area (Å²) >= 11 is 0. The Kier molecular flexibility index (Phi) is 6.11. The summed E-state index contributed by atoms with van der Waals surface area (Å²) in [5.41, 5.74) is 0. The fourth-order valence-electron chi connectivity index (χ4n) is 3.33. The van der Waals surface area contributed by atoms with Crippen LogP contribution in [0.15, 0.2) is 0 Å². The van der Waals surface area contributed by atoms with Gasteiger partial charge in [0.25, 0.3) is 0 Å². The van der Waals surface area contributed by atoms with E-state index in [1.807, 2.05) is 0 Å². The lowest BCUT2D eigenvalue weighted by molar-refractivity contribution is -0.00144. The summed E-state index contributed by atoms with van der Waals surface area (Å²) in [4.78, 5) is 5.35. The first kappa shape index (κ1) is 15.3. The number of rotatable bonds is 6. The highest BCUT2D eigenvalue weighted by Gasteiger charge is 2.32. The minimum Gasteiger partial charge on any atom is -0.380 e. The molecule has 2 aliphatic rings. The fraction of sp³-hybridized carbons (Fsp3) is 1.00. The summed E-state index contributed by atoms with van der Waals surface area (Å²) in [6.07, 6.45) is 5.42. The number of nitrogens with zero attached hydrogens (tertiary/aromatic N) is 2. The Bertz CT molecular complexity index is 257. The fourth-order valence-corrected chi connectivity index (χ4v) is 3.33. The molecule has 19 heavy (non-hydrogen) atoms. The molecule has 3 heteroatoms. The molecule has 2 saturated heterocycles. The lowest BCUT2D eigenvalue weighted by Crippen LogP contribution is -2.59. The Morgan fingerprint density at radius 2 is 2.00 bits per heavy atom. The average Bonchev–Trinajstić information content (AvgIpc) is 2.38. The van der Waals surface area contributed by atoms with Gasteiger partial charge in [-0.1, -0.05) is 20.3 Å². The molecule has 0 amide bonds. The minimum absolute atomic E-state index is 0.697. The van der Waals surface area contributed by atoms with Crippen molar-refractivity contribution in [2.24, 2.45) is 5.92 Å². The third kappa shape index (κ3) is 4.73. The van der Waals surface area contributed by atoms with E-state index in [1.54, 1.807) is 0 Å². The molecule has 0 N–H and O–H groups in total. The van der Waals surface area contributed by atoms with E-state index in [4.69, 9.17) is 4.74 Å². The Morgan fingerprint density at radius 3 is 2.79 bits per heavy atom. The number of ether oxygens (including phenoxy) is 1. The van der Waals surface area contributed by atoms with Gasteiger partial charge in [-0.25, -0.2) is 0 Å². The molecular weight excluding hydrogens is 236 g/mol. The number of fused-ring (bicyclic) bond motifs is 1. The summed E-state index contributed by atoms with van der Waals surface area (Å²) in [5, 5.41) is 0. The molecule has 2 fully saturated rings. The Balaban J connectivity index is 1.65. The van der Waals surface area contributed by atoms with Gasteiger partial charge in [-0.3, -0.25) is 9.80 Å². The highest BCUT2D eigenvalue weighted by molar-refractivity contribution is 4.88. The first-order chi connectivity index (χ1) is 9.16. The van der Waals surface area contributed by atoms with Crippen molar-refractivity contribution in [2.75, 3.05) is 39.4 Å². The van der Waals surface area contributed by atoms with Crippen LogP contribution in [0.1, 0.15) is 46.5 Å². The molecule has 2 atom stereocenters. The van der Waals surface area contributed by atoms with Crippen molar-refractivity contribution in [3.8, 4) is 0 Å². The third-order valence-electron chi connectivity index (χ3n) is 4.68. The molecule has 0 radical (unpaired) electrons. The maximum absolute atomic E-state index is 5.78. The van der Waals surface area contributed by atoms with Gasteiger partial charge in [-0.05, 0) is 38.6 Å². The summed E-state index contributed by atoms with van der Waals surface area (Å²) < 4.78 is 5.78. The van der Waals surface area contributed by atoms with Gasteiger partial charge in [0.15, 0.2) is 0 Å². The first-order valence-electron chi connectivity index (χ1n) is 8.22. The molecule has 0 bridgehead atoms. The summed E-state index contributed by atoms with van der Waals surface area (Å²) in [6.45, 7) is 13.7. The molecule has 112 valence electrons. The zero-order valence-electron chi connectivity index (χ0n) is 13.1. The highest BCUT2D eigenvalue weighted by atomic mass is 16.5. The molecular formula is C16H32N2O. The number of hydrogen-bond acceptors (Lipinski definition) is 3. The molecule has 0 aromatic rings. The average molecular weight is 268 g/mol. The van der Waals surface area contributed by atoms with Crippen LogP contribution in [0.3, 0.4) is 0 Å². The van der Waals surface area contributed by atoms with Crippen LogP contribution in [-0.4, -0.2) is 61.3 Å². The van der Waals surface area contributed by atoms with Gasteiger partial charge in [0.1, 0.15) is 0 Å². The lowest BCUT2D eigenvalue weighted by Gasteiger charge is -2.47. The molecule has 2 heterocycles. The maximum atomic E-state index is 5.78. The van der Waals surface area contributed by atoms with Crippen LogP contribution < -0.4 is 0 Å². The Hall–Kier alpha value is -0.120. The van der Waals surface area contributed by atoms with E-state index in [1.165, 1.54) is 45.3 Å². The molecule has 0 aliphatic carbocycles. The molecule has 0 spiro atoms. The zero-order valence-corrected chi connectivity index (χ0v) is 13.1. The van der Waals surface area contributed by atoms with E-state index in [9.17, 15) is 0 Å². The van der Waals surface area contributed by atoms with E-state index < -0.39 is 0 Å². The summed E-state index contributed by atoms with van der Waals surface area (Å²) in [5.74, 6) is 0.754. The van der Waals surface area contributed by atoms with Crippen molar-refractivity contribution < 1.29 is 4.74 Å². The van der Waals surface area contributed by atoms with E-state index in [-0.39, 0.29) is 0 Å². The minimum atomic E-state index is 0.697. The third-order valence-corrected chi connectivity index (χ3v) is 4.68. The quantitative estimate of drug-likeness (QED) is 0.689. The predicted octanol–water partition coefficient (Wildman–Crippen LogP) is 2.61. The van der Waals surface area contributed by atoms with Gasteiger partial charge >= 0.3 is 0 Å². The van der Waals surface area contributed by atoms with Crippen LogP contribution in [0.25, 0.3) is 0 Å². The number of piperidine rings is 1. The van der Waals surface area contributed by atoms with Crippen molar-refractivity contribution >= 4 is 0 Å². The van der Waals surface area contributed by atoms with E-state index in [0.717, 1.165) is 31.7 Å². The second-order valence-corrected chi connectivity index (χ2v) is 6.78. The predicted molar refractivity (Wildman–Crippen MR) is 80.5 cm³/mol. The van der Waals surface area contributed by atoms with E-state index in [2.05, 4.69) is 30.6 Å². The maximum Gasteiger partial charge on any atom is 0.0593 e. The smallest absolute Gasteiger partial charge is 0.0593 e. The molecule has 2 aliphatic heterocycles. The van der Waals surface area contributed by atoms with Gasteiger partial charge in [0.2, 0.25) is 0 Å². The number of hydrogen-bond donors (Lipinski definition) is 0. The second kappa shape index (κ2) is 7.61. The van der Waals surface area contributed by atoms with Crippen molar-refractivity contribution in [1.29, 1.82) is 0 Å².